The maximum atomic E-state index is 13.4. The number of fused-ring (bicyclic) bond motifs is 1. The number of hydrogen-bond donors (Lipinski definition) is 2. The average Bonchev–Trinajstić information content (AvgIpc) is 2.67. The zero-order valence-electron chi connectivity index (χ0n) is 12.5. The molecule has 2 aliphatic rings. The van der Waals surface area contributed by atoms with Crippen LogP contribution in [0.25, 0.3) is 0 Å². The van der Waals surface area contributed by atoms with Gasteiger partial charge in [-0.15, -0.1) is 0 Å². The van der Waals surface area contributed by atoms with E-state index in [-0.39, 0.29) is 11.4 Å². The van der Waals surface area contributed by atoms with E-state index in [4.69, 9.17) is 4.74 Å². The summed E-state index contributed by atoms with van der Waals surface area (Å²) in [5, 5.41) is 19.1. The monoisotopic (exact) mass is 352 g/mol. The summed E-state index contributed by atoms with van der Waals surface area (Å²) in [4.78, 5) is 4.85. The van der Waals surface area contributed by atoms with Gasteiger partial charge in [0.25, 0.3) is 0 Å². The number of hydrogen-bond acceptors (Lipinski definition) is 6. The molecule has 1 fully saturated rings. The fourth-order valence-corrected chi connectivity index (χ4v) is 2.91. The number of aliphatic hydroxyl groups is 2. The molecule has 0 amide bonds. The lowest BCUT2D eigenvalue weighted by molar-refractivity contribution is -0.380. The summed E-state index contributed by atoms with van der Waals surface area (Å²) in [5.41, 5.74) is 1.02. The van der Waals surface area contributed by atoms with E-state index < -0.39 is 31.6 Å². The number of rotatable bonds is 2. The van der Waals surface area contributed by atoms with Gasteiger partial charge in [-0.25, -0.2) is 4.98 Å². The molecule has 134 valence electrons. The van der Waals surface area contributed by atoms with Crippen molar-refractivity contribution in [2.75, 3.05) is 31.2 Å². The third-order valence-corrected chi connectivity index (χ3v) is 3.86. The van der Waals surface area contributed by atoms with Crippen LogP contribution >= 0.6 is 0 Å². The van der Waals surface area contributed by atoms with Gasteiger partial charge >= 0.3 is 12.2 Å². The Hall–Kier alpha value is -1.49. The highest BCUT2D eigenvalue weighted by atomic mass is 19.3. The van der Waals surface area contributed by atoms with Crippen molar-refractivity contribution in [1.29, 1.82) is 0 Å². The highest BCUT2D eigenvalue weighted by Crippen LogP contribution is 2.36. The van der Waals surface area contributed by atoms with Crippen LogP contribution in [0.1, 0.15) is 23.1 Å². The summed E-state index contributed by atoms with van der Waals surface area (Å²) >= 11 is 0. The van der Waals surface area contributed by atoms with E-state index in [2.05, 4.69) is 9.72 Å². The van der Waals surface area contributed by atoms with Crippen molar-refractivity contribution in [3.63, 3.8) is 0 Å². The van der Waals surface area contributed by atoms with Crippen LogP contribution in [0, 0.1) is 0 Å². The summed E-state index contributed by atoms with van der Waals surface area (Å²) in [7, 11) is 0. The molecule has 6 nitrogen and oxygen atoms in total. The molecule has 2 aliphatic heterocycles. The fraction of sp³-hybridized carbons (Fsp3) is 0.643. The van der Waals surface area contributed by atoms with Gasteiger partial charge in [-0.1, -0.05) is 0 Å². The molecule has 1 saturated heterocycles. The lowest BCUT2D eigenvalue weighted by Gasteiger charge is -2.37. The van der Waals surface area contributed by atoms with E-state index in [1.54, 1.807) is 0 Å². The number of anilines is 1. The van der Waals surface area contributed by atoms with Gasteiger partial charge in [-0.2, -0.15) is 17.6 Å². The molecular formula is C14H16F4N2O4. The van der Waals surface area contributed by atoms with Crippen molar-refractivity contribution >= 4 is 5.82 Å². The van der Waals surface area contributed by atoms with Crippen molar-refractivity contribution in [3.05, 3.63) is 22.9 Å². The highest BCUT2D eigenvalue weighted by Gasteiger charge is 2.52. The van der Waals surface area contributed by atoms with Gasteiger partial charge in [-0.05, 0) is 18.1 Å². The molecule has 3 heterocycles. The Morgan fingerprint density at radius 1 is 1.08 bits per heavy atom. The first kappa shape index (κ1) is 17.3. The van der Waals surface area contributed by atoms with Crippen molar-refractivity contribution in [2.24, 2.45) is 0 Å². The van der Waals surface area contributed by atoms with Gasteiger partial charge < -0.3 is 19.8 Å². The number of pyridine rings is 1. The molecular weight excluding hydrogens is 336 g/mol. The third kappa shape index (κ3) is 3.61. The van der Waals surface area contributed by atoms with Crippen LogP contribution in [0.2, 0.25) is 0 Å². The first-order chi connectivity index (χ1) is 11.2. The van der Waals surface area contributed by atoms with Crippen LogP contribution < -0.4 is 4.90 Å². The molecule has 10 heteroatoms. The number of ether oxygens (including phenoxy) is 2. The quantitative estimate of drug-likeness (QED) is 0.616. The number of halogens is 4. The third-order valence-electron chi connectivity index (χ3n) is 3.86. The second kappa shape index (κ2) is 6.10. The minimum Gasteiger partial charge on any atom is -0.381 e. The molecule has 0 aliphatic carbocycles. The summed E-state index contributed by atoms with van der Waals surface area (Å²) in [6, 6.07) is 1.15. The van der Waals surface area contributed by atoms with Crippen LogP contribution in [0.5, 0.6) is 0 Å². The maximum absolute atomic E-state index is 13.4. The van der Waals surface area contributed by atoms with Gasteiger partial charge in [0.2, 0.25) is 0 Å². The van der Waals surface area contributed by atoms with Gasteiger partial charge in [0.1, 0.15) is 18.9 Å². The fourth-order valence-electron chi connectivity index (χ4n) is 2.91. The first-order valence-corrected chi connectivity index (χ1v) is 7.34. The summed E-state index contributed by atoms with van der Waals surface area (Å²) in [6.07, 6.45) is -9.28. The number of nitrogens with zero attached hydrogens (tertiary/aromatic N) is 2. The highest BCUT2D eigenvalue weighted by molar-refractivity contribution is 5.48. The summed E-state index contributed by atoms with van der Waals surface area (Å²) in [6.45, 7) is -1.54. The Bertz CT molecular complexity index is 611. The zero-order valence-corrected chi connectivity index (χ0v) is 12.5. The molecule has 24 heavy (non-hydrogen) atoms. The molecule has 0 saturated carbocycles. The van der Waals surface area contributed by atoms with Crippen LogP contribution in [-0.2, 0) is 22.3 Å². The normalized spacial score (nSPS) is 23.0. The van der Waals surface area contributed by atoms with Gasteiger partial charge in [0.15, 0.2) is 6.29 Å². The predicted octanol–water partition coefficient (Wildman–Crippen LogP) is 1.20. The Morgan fingerprint density at radius 2 is 1.71 bits per heavy atom. The molecule has 2 N–H and O–H groups in total. The molecule has 0 atom stereocenters. The Labute approximate surface area is 134 Å². The Kier molecular flexibility index (Phi) is 4.41. The van der Waals surface area contributed by atoms with E-state index in [0.717, 1.165) is 6.07 Å². The first-order valence-electron chi connectivity index (χ1n) is 7.34. The maximum Gasteiger partial charge on any atom is 0.377 e. The summed E-state index contributed by atoms with van der Waals surface area (Å²) < 4.78 is 62.4. The van der Waals surface area contributed by atoms with Crippen molar-refractivity contribution in [3.8, 4) is 0 Å². The Balaban J connectivity index is 2.01. The molecule has 0 radical (unpaired) electrons. The molecule has 0 unspecified atom stereocenters. The Morgan fingerprint density at radius 3 is 2.33 bits per heavy atom. The van der Waals surface area contributed by atoms with Crippen LogP contribution in [0.15, 0.2) is 6.07 Å². The molecule has 0 aromatic carbocycles. The number of alkyl halides is 4. The number of aromatic nitrogens is 1. The van der Waals surface area contributed by atoms with Gasteiger partial charge in [0.05, 0.1) is 13.2 Å². The van der Waals surface area contributed by atoms with Crippen molar-refractivity contribution in [1.82, 2.24) is 4.98 Å². The zero-order chi connectivity index (χ0) is 17.5. The molecule has 0 spiro atoms. The van der Waals surface area contributed by atoms with E-state index >= 15 is 0 Å². The number of aliphatic hydroxyl groups excluding tert-OH is 1. The van der Waals surface area contributed by atoms with E-state index in [1.807, 2.05) is 0 Å². The second-order valence-electron chi connectivity index (χ2n) is 5.71. The average molecular weight is 352 g/mol. The molecule has 0 bridgehead atoms. The lowest BCUT2D eigenvalue weighted by Crippen LogP contribution is -2.55. The summed E-state index contributed by atoms with van der Waals surface area (Å²) in [5.74, 6) is -0.179. The predicted molar refractivity (Wildman–Crippen MR) is 72.8 cm³/mol. The van der Waals surface area contributed by atoms with Crippen molar-refractivity contribution in [2.45, 2.75) is 31.3 Å². The standard InChI is InChI=1S/C14H16F4N2O4/c15-13(16)6-20(7-14(17,18)24-13)11-5-9(12(21)22)8-1-3-23-4-2-10(8)19-11/h5,12,21-22H,1-4,6-7H2. The largest absolute Gasteiger partial charge is 0.381 e. The van der Waals surface area contributed by atoms with Gasteiger partial charge in [0, 0.05) is 17.7 Å². The van der Waals surface area contributed by atoms with Crippen LogP contribution in [-0.4, -0.2) is 53.7 Å². The molecule has 1 aromatic rings. The van der Waals surface area contributed by atoms with Crippen molar-refractivity contribution < 1.29 is 37.2 Å². The number of morpholine rings is 1. The van der Waals surface area contributed by atoms with Gasteiger partial charge in [-0.3, -0.25) is 4.74 Å². The minimum absolute atomic E-state index is 0.0543. The smallest absolute Gasteiger partial charge is 0.377 e. The SMILES string of the molecule is OC(O)c1cc(N2CC(F)(F)OC(F)(F)C2)nc2c1CCOCC2. The van der Waals surface area contributed by atoms with Crippen LogP contribution in [0.3, 0.4) is 0 Å². The van der Waals surface area contributed by atoms with E-state index in [0.29, 0.717) is 42.2 Å². The second-order valence-corrected chi connectivity index (χ2v) is 5.71. The molecule has 1 aromatic heterocycles. The lowest BCUT2D eigenvalue weighted by atomic mass is 10.0. The topological polar surface area (TPSA) is 75.1 Å². The van der Waals surface area contributed by atoms with E-state index in [9.17, 15) is 27.8 Å². The minimum atomic E-state index is -4.04. The van der Waals surface area contributed by atoms with Crippen LogP contribution in [0.4, 0.5) is 23.4 Å². The van der Waals surface area contributed by atoms with E-state index in [1.165, 1.54) is 0 Å². The molecule has 3 rings (SSSR count).